The summed E-state index contributed by atoms with van der Waals surface area (Å²) >= 11 is 0. The molecule has 1 aromatic heterocycles. The van der Waals surface area contributed by atoms with E-state index in [4.69, 9.17) is 4.74 Å². The Morgan fingerprint density at radius 2 is 2.00 bits per heavy atom. The number of aromatic nitrogens is 2. The van der Waals surface area contributed by atoms with E-state index < -0.39 is 12.5 Å². The zero-order valence-corrected chi connectivity index (χ0v) is 15.4. The van der Waals surface area contributed by atoms with E-state index in [1.165, 1.54) is 35.1 Å². The molecular formula is C20H18F3N3O3. The van der Waals surface area contributed by atoms with Gasteiger partial charge in [0.2, 0.25) is 0 Å². The first kappa shape index (κ1) is 20.2. The summed E-state index contributed by atoms with van der Waals surface area (Å²) in [5, 5.41) is 6.75. The average molecular weight is 405 g/mol. The zero-order chi connectivity index (χ0) is 20.8. The van der Waals surface area contributed by atoms with Crippen molar-refractivity contribution < 1.29 is 27.4 Å². The quantitative estimate of drug-likeness (QED) is 0.606. The molecule has 6 nitrogen and oxygen atoms in total. The SMILES string of the molecule is CCOc1cc(C(=O)Nc2cnn(Cc3ccccc3F)c2)ccc1OC(F)F. The molecular weight excluding hydrogens is 387 g/mol. The maximum absolute atomic E-state index is 13.7. The van der Waals surface area contributed by atoms with Crippen LogP contribution in [0, 0.1) is 5.82 Å². The van der Waals surface area contributed by atoms with Gasteiger partial charge in [0.15, 0.2) is 11.5 Å². The number of anilines is 1. The third-order valence-electron chi connectivity index (χ3n) is 3.90. The summed E-state index contributed by atoms with van der Waals surface area (Å²) in [6.45, 7) is -0.901. The molecule has 1 amide bonds. The summed E-state index contributed by atoms with van der Waals surface area (Å²) in [5.74, 6) is -0.949. The van der Waals surface area contributed by atoms with Gasteiger partial charge in [0, 0.05) is 17.3 Å². The van der Waals surface area contributed by atoms with Crippen molar-refractivity contribution in [2.24, 2.45) is 0 Å². The van der Waals surface area contributed by atoms with E-state index in [1.54, 1.807) is 31.3 Å². The van der Waals surface area contributed by atoms with Crippen LogP contribution in [0.1, 0.15) is 22.8 Å². The monoisotopic (exact) mass is 405 g/mol. The van der Waals surface area contributed by atoms with Crippen LogP contribution in [0.5, 0.6) is 11.5 Å². The van der Waals surface area contributed by atoms with Crippen LogP contribution in [0.3, 0.4) is 0 Å². The molecule has 3 rings (SSSR count). The van der Waals surface area contributed by atoms with Crippen molar-refractivity contribution in [1.29, 1.82) is 0 Å². The average Bonchev–Trinajstić information content (AvgIpc) is 3.11. The van der Waals surface area contributed by atoms with Crippen LogP contribution in [0.25, 0.3) is 0 Å². The third-order valence-corrected chi connectivity index (χ3v) is 3.90. The maximum Gasteiger partial charge on any atom is 0.387 e. The van der Waals surface area contributed by atoms with Gasteiger partial charge in [-0.25, -0.2) is 4.39 Å². The minimum Gasteiger partial charge on any atom is -0.490 e. The zero-order valence-electron chi connectivity index (χ0n) is 15.4. The molecule has 0 aliphatic rings. The molecule has 0 aliphatic carbocycles. The number of hydrogen-bond donors (Lipinski definition) is 1. The van der Waals surface area contributed by atoms with Crippen LogP contribution in [0.15, 0.2) is 54.9 Å². The minimum absolute atomic E-state index is 0.0377. The van der Waals surface area contributed by atoms with Gasteiger partial charge in [0.1, 0.15) is 5.82 Å². The predicted octanol–water partition coefficient (Wildman–Crippen LogP) is 4.32. The van der Waals surface area contributed by atoms with Crippen LogP contribution in [-0.4, -0.2) is 28.9 Å². The standard InChI is InChI=1S/C20H18F3N3O3/c1-2-28-18-9-13(7-8-17(18)29-20(22)23)19(27)25-15-10-24-26(12-15)11-14-5-3-4-6-16(14)21/h3-10,12,20H,2,11H2,1H3,(H,25,27). The summed E-state index contributed by atoms with van der Waals surface area (Å²) in [5.41, 5.74) is 1.05. The smallest absolute Gasteiger partial charge is 0.387 e. The summed E-state index contributed by atoms with van der Waals surface area (Å²) < 4.78 is 49.9. The number of rotatable bonds is 8. The van der Waals surface area contributed by atoms with E-state index in [1.807, 2.05) is 0 Å². The highest BCUT2D eigenvalue weighted by Gasteiger charge is 2.15. The Kier molecular flexibility index (Phi) is 6.38. The number of carbonyl (C=O) groups is 1. The summed E-state index contributed by atoms with van der Waals surface area (Å²) in [4.78, 5) is 12.5. The largest absolute Gasteiger partial charge is 0.490 e. The fraction of sp³-hybridized carbons (Fsp3) is 0.200. The van der Waals surface area contributed by atoms with Crippen molar-refractivity contribution >= 4 is 11.6 Å². The Hall–Kier alpha value is -3.49. The number of nitrogens with zero attached hydrogens (tertiary/aromatic N) is 2. The number of benzene rings is 2. The van der Waals surface area contributed by atoms with Crippen LogP contribution >= 0.6 is 0 Å². The molecule has 0 atom stereocenters. The van der Waals surface area contributed by atoms with E-state index in [-0.39, 0.29) is 36.0 Å². The van der Waals surface area contributed by atoms with Gasteiger partial charge >= 0.3 is 6.61 Å². The maximum atomic E-state index is 13.7. The van der Waals surface area contributed by atoms with Crippen LogP contribution < -0.4 is 14.8 Å². The van der Waals surface area contributed by atoms with Crippen molar-refractivity contribution in [3.63, 3.8) is 0 Å². The second kappa shape index (κ2) is 9.13. The topological polar surface area (TPSA) is 65.4 Å². The van der Waals surface area contributed by atoms with E-state index in [0.717, 1.165) is 0 Å². The van der Waals surface area contributed by atoms with E-state index in [2.05, 4.69) is 15.2 Å². The predicted molar refractivity (Wildman–Crippen MR) is 99.9 cm³/mol. The Morgan fingerprint density at radius 1 is 1.21 bits per heavy atom. The molecule has 152 valence electrons. The molecule has 3 aromatic rings. The molecule has 0 spiro atoms. The van der Waals surface area contributed by atoms with Gasteiger partial charge in [0.05, 0.1) is 25.0 Å². The van der Waals surface area contributed by atoms with Crippen molar-refractivity contribution in [1.82, 2.24) is 9.78 Å². The lowest BCUT2D eigenvalue weighted by molar-refractivity contribution is -0.0514. The number of amides is 1. The highest BCUT2D eigenvalue weighted by molar-refractivity contribution is 6.04. The first-order valence-corrected chi connectivity index (χ1v) is 8.75. The van der Waals surface area contributed by atoms with Crippen molar-refractivity contribution in [2.45, 2.75) is 20.1 Å². The lowest BCUT2D eigenvalue weighted by Crippen LogP contribution is -2.12. The molecule has 29 heavy (non-hydrogen) atoms. The van der Waals surface area contributed by atoms with Gasteiger partial charge in [-0.3, -0.25) is 9.48 Å². The molecule has 0 radical (unpaired) electrons. The highest BCUT2D eigenvalue weighted by atomic mass is 19.3. The summed E-state index contributed by atoms with van der Waals surface area (Å²) in [6.07, 6.45) is 2.98. The second-order valence-electron chi connectivity index (χ2n) is 5.95. The molecule has 0 fully saturated rings. The first-order chi connectivity index (χ1) is 14.0. The lowest BCUT2D eigenvalue weighted by atomic mass is 10.2. The van der Waals surface area contributed by atoms with Crippen molar-refractivity contribution in [3.8, 4) is 11.5 Å². The normalized spacial score (nSPS) is 10.8. The summed E-state index contributed by atoms with van der Waals surface area (Å²) in [7, 11) is 0. The molecule has 0 aliphatic heterocycles. The lowest BCUT2D eigenvalue weighted by Gasteiger charge is -2.12. The number of halogens is 3. The van der Waals surface area contributed by atoms with Crippen LogP contribution in [0.4, 0.5) is 18.9 Å². The Bertz CT molecular complexity index is 992. The van der Waals surface area contributed by atoms with E-state index >= 15 is 0 Å². The van der Waals surface area contributed by atoms with Gasteiger partial charge in [-0.15, -0.1) is 0 Å². The number of alkyl halides is 2. The fourth-order valence-electron chi connectivity index (χ4n) is 2.63. The molecule has 0 saturated heterocycles. The van der Waals surface area contributed by atoms with Gasteiger partial charge in [-0.1, -0.05) is 18.2 Å². The molecule has 9 heteroatoms. The number of ether oxygens (including phenoxy) is 2. The van der Waals surface area contributed by atoms with Crippen molar-refractivity contribution in [2.75, 3.05) is 11.9 Å². The molecule has 1 N–H and O–H groups in total. The molecule has 0 saturated carbocycles. The molecule has 2 aromatic carbocycles. The van der Waals surface area contributed by atoms with E-state index in [9.17, 15) is 18.0 Å². The first-order valence-electron chi connectivity index (χ1n) is 8.75. The second-order valence-corrected chi connectivity index (χ2v) is 5.95. The van der Waals surface area contributed by atoms with Gasteiger partial charge in [-0.2, -0.15) is 13.9 Å². The fourth-order valence-corrected chi connectivity index (χ4v) is 2.63. The third kappa shape index (κ3) is 5.28. The Labute approximate surface area is 164 Å². The van der Waals surface area contributed by atoms with Crippen LogP contribution in [-0.2, 0) is 6.54 Å². The highest BCUT2D eigenvalue weighted by Crippen LogP contribution is 2.30. The van der Waals surface area contributed by atoms with Gasteiger partial charge in [0.25, 0.3) is 5.91 Å². The number of hydrogen-bond acceptors (Lipinski definition) is 4. The van der Waals surface area contributed by atoms with E-state index in [0.29, 0.717) is 11.3 Å². The molecule has 0 unspecified atom stereocenters. The Morgan fingerprint density at radius 3 is 2.72 bits per heavy atom. The van der Waals surface area contributed by atoms with Gasteiger partial charge < -0.3 is 14.8 Å². The Balaban J connectivity index is 1.71. The van der Waals surface area contributed by atoms with Crippen LogP contribution in [0.2, 0.25) is 0 Å². The van der Waals surface area contributed by atoms with Crippen molar-refractivity contribution in [3.05, 3.63) is 71.8 Å². The summed E-state index contributed by atoms with van der Waals surface area (Å²) in [6, 6.07) is 10.2. The molecule has 1 heterocycles. The van der Waals surface area contributed by atoms with Gasteiger partial charge in [-0.05, 0) is 31.2 Å². The number of carbonyl (C=O) groups excluding carboxylic acids is 1. The minimum atomic E-state index is -3.01. The molecule has 0 bridgehead atoms. The number of nitrogens with one attached hydrogen (secondary N) is 1.